The molecule has 4 bridgehead atoms. The summed E-state index contributed by atoms with van der Waals surface area (Å²) < 4.78 is 0. The van der Waals surface area contributed by atoms with Crippen molar-refractivity contribution in [2.45, 2.75) is 43.9 Å². The van der Waals surface area contributed by atoms with Gasteiger partial charge in [-0.1, -0.05) is 6.92 Å². The zero-order valence-electron chi connectivity index (χ0n) is 8.22. The van der Waals surface area contributed by atoms with Crippen LogP contribution >= 0.6 is 11.6 Å². The molecular formula is C12H17Cl. The Labute approximate surface area is 85.0 Å². The molecule has 5 aliphatic rings. The standard InChI is InChI=1S/C12H17Cl/c1-7-10-9-2-8-3-11(13,5-9)6-12(7,10)4-8/h7-10H,2-6H2,1H3/t7?,8?,9?,10-,11-,12?/m0/s1. The van der Waals surface area contributed by atoms with E-state index in [9.17, 15) is 0 Å². The molecule has 0 amide bonds. The molecular weight excluding hydrogens is 180 g/mol. The van der Waals surface area contributed by atoms with Crippen LogP contribution in [0.3, 0.4) is 0 Å². The summed E-state index contributed by atoms with van der Waals surface area (Å²) in [6.45, 7) is 2.48. The first-order valence-corrected chi connectivity index (χ1v) is 6.20. The summed E-state index contributed by atoms with van der Waals surface area (Å²) in [7, 11) is 0. The maximum absolute atomic E-state index is 6.71. The molecule has 5 saturated carbocycles. The molecule has 0 aromatic heterocycles. The summed E-state index contributed by atoms with van der Waals surface area (Å²) >= 11 is 6.71. The van der Waals surface area contributed by atoms with Crippen LogP contribution in [0.2, 0.25) is 0 Å². The molecule has 5 aliphatic carbocycles. The van der Waals surface area contributed by atoms with E-state index < -0.39 is 0 Å². The Hall–Kier alpha value is 0.290. The first-order valence-electron chi connectivity index (χ1n) is 5.82. The van der Waals surface area contributed by atoms with E-state index in [1.807, 2.05) is 0 Å². The lowest BCUT2D eigenvalue weighted by Crippen LogP contribution is -2.48. The minimum Gasteiger partial charge on any atom is -0.119 e. The smallest absolute Gasteiger partial charge is 0.0457 e. The Balaban J connectivity index is 1.84. The number of rotatable bonds is 0. The molecule has 0 nitrogen and oxygen atoms in total. The van der Waals surface area contributed by atoms with Crippen molar-refractivity contribution in [2.24, 2.45) is 29.1 Å². The van der Waals surface area contributed by atoms with Crippen LogP contribution in [0.25, 0.3) is 0 Å². The molecule has 13 heavy (non-hydrogen) atoms. The van der Waals surface area contributed by atoms with Crippen LogP contribution in [0, 0.1) is 29.1 Å². The van der Waals surface area contributed by atoms with Gasteiger partial charge in [0.1, 0.15) is 0 Å². The second-order valence-corrected chi connectivity index (χ2v) is 7.15. The van der Waals surface area contributed by atoms with E-state index in [4.69, 9.17) is 11.6 Å². The number of alkyl halides is 1. The average molecular weight is 197 g/mol. The Morgan fingerprint density at radius 3 is 2.77 bits per heavy atom. The predicted molar refractivity (Wildman–Crippen MR) is 53.7 cm³/mol. The summed E-state index contributed by atoms with van der Waals surface area (Å²) in [5, 5.41) is 0. The molecule has 72 valence electrons. The Morgan fingerprint density at radius 2 is 2.08 bits per heavy atom. The van der Waals surface area contributed by atoms with Gasteiger partial charge < -0.3 is 0 Å². The second-order valence-electron chi connectivity index (χ2n) is 6.35. The van der Waals surface area contributed by atoms with Gasteiger partial charge in [0.05, 0.1) is 0 Å². The SMILES string of the molecule is CC1[C@H]2C3CC4CC12C[C@](Cl)(C4)C3. The van der Waals surface area contributed by atoms with Gasteiger partial charge in [0, 0.05) is 4.87 Å². The van der Waals surface area contributed by atoms with E-state index in [0.717, 1.165) is 29.1 Å². The Kier molecular flexibility index (Phi) is 1.06. The Morgan fingerprint density at radius 1 is 1.23 bits per heavy atom. The summed E-state index contributed by atoms with van der Waals surface area (Å²) in [5.74, 6) is 4.14. The van der Waals surface area contributed by atoms with Gasteiger partial charge in [-0.2, -0.15) is 0 Å². The molecule has 0 aliphatic heterocycles. The largest absolute Gasteiger partial charge is 0.119 e. The highest BCUT2D eigenvalue weighted by molar-refractivity contribution is 6.24. The molecule has 1 heteroatoms. The van der Waals surface area contributed by atoms with E-state index in [0.29, 0.717) is 0 Å². The van der Waals surface area contributed by atoms with Crippen molar-refractivity contribution in [3.63, 3.8) is 0 Å². The summed E-state index contributed by atoms with van der Waals surface area (Å²) in [6, 6.07) is 0. The van der Waals surface area contributed by atoms with Gasteiger partial charge in [-0.3, -0.25) is 0 Å². The van der Waals surface area contributed by atoms with Crippen LogP contribution in [0.4, 0.5) is 0 Å². The van der Waals surface area contributed by atoms with Crippen LogP contribution in [-0.4, -0.2) is 4.87 Å². The van der Waals surface area contributed by atoms with Crippen molar-refractivity contribution in [3.8, 4) is 0 Å². The monoisotopic (exact) mass is 196 g/mol. The number of hydrogen-bond acceptors (Lipinski definition) is 0. The van der Waals surface area contributed by atoms with Crippen LogP contribution in [0.15, 0.2) is 0 Å². The van der Waals surface area contributed by atoms with E-state index in [1.165, 1.54) is 32.1 Å². The zero-order chi connectivity index (χ0) is 8.84. The van der Waals surface area contributed by atoms with Crippen molar-refractivity contribution < 1.29 is 0 Å². The highest BCUT2D eigenvalue weighted by Gasteiger charge is 2.74. The van der Waals surface area contributed by atoms with Gasteiger partial charge in [0.2, 0.25) is 0 Å². The lowest BCUT2D eigenvalue weighted by Gasteiger charge is -2.53. The van der Waals surface area contributed by atoms with Gasteiger partial charge in [-0.25, -0.2) is 0 Å². The normalized spacial score (nSPS) is 72.5. The maximum Gasteiger partial charge on any atom is 0.0457 e. The number of halogens is 1. The van der Waals surface area contributed by atoms with Crippen LogP contribution in [-0.2, 0) is 0 Å². The number of hydrogen-bond donors (Lipinski definition) is 0. The highest BCUT2D eigenvalue weighted by atomic mass is 35.5. The fourth-order valence-electron chi connectivity index (χ4n) is 5.65. The lowest BCUT2D eigenvalue weighted by atomic mass is 9.55. The fraction of sp³-hybridized carbons (Fsp3) is 1.00. The fourth-order valence-corrected chi connectivity index (χ4v) is 6.32. The van der Waals surface area contributed by atoms with E-state index >= 15 is 0 Å². The molecule has 1 spiro atoms. The van der Waals surface area contributed by atoms with Gasteiger partial charge in [0.15, 0.2) is 0 Å². The van der Waals surface area contributed by atoms with Gasteiger partial charge >= 0.3 is 0 Å². The first kappa shape index (κ1) is 7.56. The van der Waals surface area contributed by atoms with Gasteiger partial charge in [-0.05, 0) is 61.2 Å². The average Bonchev–Trinajstić information content (AvgIpc) is 2.51. The zero-order valence-corrected chi connectivity index (χ0v) is 8.98. The lowest BCUT2D eigenvalue weighted by molar-refractivity contribution is 0.0258. The molecule has 4 unspecified atom stereocenters. The molecule has 5 fully saturated rings. The van der Waals surface area contributed by atoms with Gasteiger partial charge in [0.25, 0.3) is 0 Å². The summed E-state index contributed by atoms with van der Waals surface area (Å²) in [6.07, 6.45) is 7.10. The van der Waals surface area contributed by atoms with Crippen LogP contribution in [0.5, 0.6) is 0 Å². The summed E-state index contributed by atoms with van der Waals surface area (Å²) in [4.78, 5) is 0.257. The molecule has 0 aromatic carbocycles. The molecule has 0 heterocycles. The molecule has 0 N–H and O–H groups in total. The molecule has 0 aromatic rings. The third kappa shape index (κ3) is 0.694. The van der Waals surface area contributed by atoms with E-state index in [2.05, 4.69) is 6.92 Å². The third-order valence-corrected chi connectivity index (χ3v) is 6.18. The second kappa shape index (κ2) is 1.83. The maximum atomic E-state index is 6.71. The Bertz CT molecular complexity index is 287. The van der Waals surface area contributed by atoms with Crippen molar-refractivity contribution in [1.29, 1.82) is 0 Å². The summed E-state index contributed by atoms with van der Waals surface area (Å²) in [5.41, 5.74) is 0.756. The predicted octanol–water partition coefficient (Wildman–Crippen LogP) is 3.44. The minimum absolute atomic E-state index is 0.257. The van der Waals surface area contributed by atoms with Crippen molar-refractivity contribution in [1.82, 2.24) is 0 Å². The third-order valence-electron chi connectivity index (χ3n) is 5.74. The quantitative estimate of drug-likeness (QED) is 0.521. The van der Waals surface area contributed by atoms with Crippen molar-refractivity contribution in [3.05, 3.63) is 0 Å². The highest BCUT2D eigenvalue weighted by Crippen LogP contribution is 2.80. The molecule has 0 saturated heterocycles. The van der Waals surface area contributed by atoms with Crippen molar-refractivity contribution in [2.75, 3.05) is 0 Å². The van der Waals surface area contributed by atoms with E-state index in [-0.39, 0.29) is 4.87 Å². The van der Waals surface area contributed by atoms with Gasteiger partial charge in [-0.15, -0.1) is 11.6 Å². The first-order chi connectivity index (χ1) is 6.13. The molecule has 5 rings (SSSR count). The van der Waals surface area contributed by atoms with Crippen LogP contribution < -0.4 is 0 Å². The molecule has 0 radical (unpaired) electrons. The van der Waals surface area contributed by atoms with Crippen LogP contribution in [0.1, 0.15) is 39.0 Å². The topological polar surface area (TPSA) is 0 Å². The van der Waals surface area contributed by atoms with Crippen molar-refractivity contribution >= 4 is 11.6 Å². The minimum atomic E-state index is 0.257. The van der Waals surface area contributed by atoms with E-state index in [1.54, 1.807) is 0 Å². The molecule has 6 atom stereocenters.